The number of amides is 3. The maximum atomic E-state index is 12.9. The number of nitrogens with two attached hydrogens (primary N) is 2. The molecule has 0 rings (SSSR count). The molecule has 39 heavy (non-hydrogen) atoms. The Balaban J connectivity index is 5.49. The summed E-state index contributed by atoms with van der Waals surface area (Å²) < 4.78 is 4.96. The molecule has 16 heteroatoms. The largest absolute Gasteiger partial charge is 0.464 e. The van der Waals surface area contributed by atoms with E-state index in [4.69, 9.17) is 21.8 Å². The van der Waals surface area contributed by atoms with Crippen molar-refractivity contribution < 1.29 is 43.1 Å². The third-order valence-corrected chi connectivity index (χ3v) is 5.18. The Morgan fingerprint density at radius 3 is 1.95 bits per heavy atom. The van der Waals surface area contributed by atoms with Gasteiger partial charge in [0, 0.05) is 19.3 Å². The van der Waals surface area contributed by atoms with E-state index in [1.807, 2.05) is 0 Å². The molecule has 0 aromatic heterocycles. The fourth-order valence-electron chi connectivity index (χ4n) is 3.20. The van der Waals surface area contributed by atoms with E-state index in [1.54, 1.807) is 25.9 Å². The number of ether oxygens (including phenoxy) is 1. The van der Waals surface area contributed by atoms with Gasteiger partial charge in [0.15, 0.2) is 5.78 Å². The molecule has 3 unspecified atom stereocenters. The average molecular weight is 558 g/mol. The van der Waals surface area contributed by atoms with Gasteiger partial charge < -0.3 is 41.6 Å². The second-order valence-electron chi connectivity index (χ2n) is 8.70. The Morgan fingerprint density at radius 1 is 0.846 bits per heavy atom. The number of ketones is 2. The normalized spacial score (nSPS) is 12.9. The van der Waals surface area contributed by atoms with Crippen LogP contribution in [-0.4, -0.2) is 104 Å². The van der Waals surface area contributed by atoms with Crippen LogP contribution in [-0.2, 0) is 43.1 Å². The summed E-state index contributed by atoms with van der Waals surface area (Å²) in [5.41, 5.74) is 5.31. The lowest BCUT2D eigenvalue weighted by atomic mass is 10.0. The van der Waals surface area contributed by atoms with E-state index < -0.39 is 53.6 Å². The van der Waals surface area contributed by atoms with Crippen LogP contribution in [0.1, 0.15) is 45.4 Å². The SMILES string of the molecule is CCOC(=O)C(CCC(=O)NC(CCC(=O)CN)C(=O)NC(CCC(=O)C=N)C(=O)ON)NC(=O)CN(C)C. The molecule has 0 heterocycles. The van der Waals surface area contributed by atoms with Gasteiger partial charge in [0.05, 0.1) is 25.9 Å². The van der Waals surface area contributed by atoms with Crippen LogP contribution in [0.4, 0.5) is 0 Å². The molecular formula is C23H39N7O9. The van der Waals surface area contributed by atoms with Gasteiger partial charge in [-0.2, -0.15) is 5.90 Å². The summed E-state index contributed by atoms with van der Waals surface area (Å²) >= 11 is 0. The number of hydrogen-bond acceptors (Lipinski definition) is 13. The topological polar surface area (TPSA) is 253 Å². The quantitative estimate of drug-likeness (QED) is 0.0500. The fourth-order valence-corrected chi connectivity index (χ4v) is 3.20. The fraction of sp³-hybridized carbons (Fsp3) is 0.652. The number of nitrogens with one attached hydrogen (secondary N) is 4. The summed E-state index contributed by atoms with van der Waals surface area (Å²) in [7, 11) is 3.33. The number of carbonyl (C=O) groups is 7. The molecule has 0 fully saturated rings. The molecule has 3 amide bonds. The summed E-state index contributed by atoms with van der Waals surface area (Å²) in [6, 6.07) is -3.79. The lowest BCUT2D eigenvalue weighted by Gasteiger charge is -2.22. The van der Waals surface area contributed by atoms with Crippen molar-refractivity contribution in [1.29, 1.82) is 5.41 Å². The maximum Gasteiger partial charge on any atom is 0.347 e. The van der Waals surface area contributed by atoms with E-state index in [2.05, 4.69) is 20.8 Å². The van der Waals surface area contributed by atoms with Gasteiger partial charge in [-0.3, -0.25) is 24.0 Å². The third kappa shape index (κ3) is 15.3. The molecule has 0 aliphatic carbocycles. The van der Waals surface area contributed by atoms with Crippen LogP contribution >= 0.6 is 0 Å². The summed E-state index contributed by atoms with van der Waals surface area (Å²) in [5.74, 6) is 0.0984. The van der Waals surface area contributed by atoms with Gasteiger partial charge >= 0.3 is 11.9 Å². The molecule has 0 saturated carbocycles. The van der Waals surface area contributed by atoms with Crippen LogP contribution in [0.2, 0.25) is 0 Å². The van der Waals surface area contributed by atoms with Crippen LogP contribution in [0.15, 0.2) is 0 Å². The Morgan fingerprint density at radius 2 is 1.41 bits per heavy atom. The highest BCUT2D eigenvalue weighted by Crippen LogP contribution is 2.07. The van der Waals surface area contributed by atoms with E-state index in [-0.39, 0.29) is 64.0 Å². The predicted octanol–water partition coefficient (Wildman–Crippen LogP) is -2.93. The first-order valence-electron chi connectivity index (χ1n) is 12.2. The van der Waals surface area contributed by atoms with E-state index in [0.717, 1.165) is 0 Å². The monoisotopic (exact) mass is 557 g/mol. The molecule has 0 saturated heterocycles. The second kappa shape index (κ2) is 19.3. The van der Waals surface area contributed by atoms with Crippen LogP contribution < -0.4 is 27.6 Å². The van der Waals surface area contributed by atoms with Crippen molar-refractivity contribution in [2.45, 2.75) is 63.6 Å². The molecule has 16 nitrogen and oxygen atoms in total. The van der Waals surface area contributed by atoms with Crippen molar-refractivity contribution in [2.24, 2.45) is 11.6 Å². The van der Waals surface area contributed by atoms with E-state index >= 15 is 0 Å². The summed E-state index contributed by atoms with van der Waals surface area (Å²) in [6.45, 7) is 1.35. The smallest absolute Gasteiger partial charge is 0.347 e. The minimum atomic E-state index is -1.36. The zero-order valence-electron chi connectivity index (χ0n) is 22.4. The molecule has 0 spiro atoms. The zero-order valence-corrected chi connectivity index (χ0v) is 22.4. The third-order valence-electron chi connectivity index (χ3n) is 5.18. The highest BCUT2D eigenvalue weighted by atomic mass is 16.7. The van der Waals surface area contributed by atoms with Gasteiger partial charge in [-0.1, -0.05) is 0 Å². The lowest BCUT2D eigenvalue weighted by molar-refractivity contribution is -0.149. The highest BCUT2D eigenvalue weighted by Gasteiger charge is 2.29. The van der Waals surface area contributed by atoms with Crippen molar-refractivity contribution >= 4 is 47.4 Å². The number of nitrogens with zero attached hydrogens (tertiary/aromatic N) is 1. The van der Waals surface area contributed by atoms with E-state index in [0.29, 0.717) is 6.21 Å². The standard InChI is InChI=1S/C23H39N7O9/c1-4-38-22(36)17(28-20(34)13-30(2)3)9-10-19(33)27-16(7-5-14(31)11-24)21(35)29-18(23(37)39-26)8-6-15(32)12-25/h12,16-18,25H,4-11,13,24,26H2,1-3H3,(H,27,33)(H,28,34)(H,29,35). The second-order valence-corrected chi connectivity index (χ2v) is 8.70. The first-order chi connectivity index (χ1) is 18.4. The molecule has 0 radical (unpaired) electrons. The molecule has 0 aromatic rings. The summed E-state index contributed by atoms with van der Waals surface area (Å²) in [5, 5.41) is 14.2. The van der Waals surface area contributed by atoms with Crippen molar-refractivity contribution in [1.82, 2.24) is 20.9 Å². The first kappa shape index (κ1) is 35.2. The van der Waals surface area contributed by atoms with Crippen LogP contribution in [0.3, 0.4) is 0 Å². The van der Waals surface area contributed by atoms with E-state index in [9.17, 15) is 33.6 Å². The molecule has 0 bridgehead atoms. The number of esters is 1. The first-order valence-corrected chi connectivity index (χ1v) is 12.2. The van der Waals surface area contributed by atoms with Crippen molar-refractivity contribution in [3.63, 3.8) is 0 Å². The van der Waals surface area contributed by atoms with Gasteiger partial charge in [0.1, 0.15) is 23.9 Å². The summed E-state index contributed by atoms with van der Waals surface area (Å²) in [4.78, 5) is 90.9. The van der Waals surface area contributed by atoms with Gasteiger partial charge in [-0.25, -0.2) is 9.59 Å². The summed E-state index contributed by atoms with van der Waals surface area (Å²) in [6.07, 6.45) is -0.721. The molecule has 0 aliphatic rings. The molecule has 220 valence electrons. The van der Waals surface area contributed by atoms with Crippen LogP contribution in [0, 0.1) is 5.41 Å². The Bertz CT molecular complexity index is 895. The number of rotatable bonds is 20. The van der Waals surface area contributed by atoms with Crippen LogP contribution in [0.5, 0.6) is 0 Å². The highest BCUT2D eigenvalue weighted by molar-refractivity contribution is 6.26. The van der Waals surface area contributed by atoms with E-state index in [1.165, 1.54) is 0 Å². The Kier molecular flexibility index (Phi) is 17.5. The average Bonchev–Trinajstić information content (AvgIpc) is 2.89. The lowest BCUT2D eigenvalue weighted by Crippen LogP contribution is -2.52. The minimum absolute atomic E-state index is 0.00264. The molecule has 8 N–H and O–H groups in total. The molecular weight excluding hydrogens is 518 g/mol. The van der Waals surface area contributed by atoms with Crippen LogP contribution in [0.25, 0.3) is 0 Å². The van der Waals surface area contributed by atoms with Gasteiger partial charge in [-0.05, 0) is 40.3 Å². The number of carbonyl (C=O) groups excluding carboxylic acids is 7. The molecule has 3 atom stereocenters. The Hall–Kier alpha value is -3.76. The zero-order chi connectivity index (χ0) is 30.0. The van der Waals surface area contributed by atoms with Gasteiger partial charge in [0.25, 0.3) is 0 Å². The van der Waals surface area contributed by atoms with Crippen molar-refractivity contribution in [3.8, 4) is 0 Å². The van der Waals surface area contributed by atoms with Gasteiger partial charge in [0.2, 0.25) is 17.7 Å². The minimum Gasteiger partial charge on any atom is -0.464 e. The van der Waals surface area contributed by atoms with Crippen molar-refractivity contribution in [2.75, 3.05) is 33.8 Å². The molecule has 0 aromatic carbocycles. The predicted molar refractivity (Wildman–Crippen MR) is 137 cm³/mol. The number of Topliss-reactive ketones (excluding diaryl/α,β-unsaturated/α-hetero) is 2. The number of likely N-dealkylation sites (N-methyl/N-ethyl adjacent to an activating group) is 1. The van der Waals surface area contributed by atoms with Crippen molar-refractivity contribution in [3.05, 3.63) is 0 Å². The number of hydrogen-bond donors (Lipinski definition) is 6. The maximum absolute atomic E-state index is 12.9. The Labute approximate surface area is 226 Å². The van der Waals surface area contributed by atoms with Gasteiger partial charge in [-0.15, -0.1) is 0 Å². The molecule has 0 aliphatic heterocycles.